The first-order valence-corrected chi connectivity index (χ1v) is 11.2. The van der Waals surface area contributed by atoms with Gasteiger partial charge in [0.2, 0.25) is 11.8 Å². The molecule has 2 aromatic carbocycles. The average molecular weight is 450 g/mol. The van der Waals surface area contributed by atoms with Gasteiger partial charge in [0.15, 0.2) is 0 Å². The molecule has 7 nitrogen and oxygen atoms in total. The molecule has 0 unspecified atom stereocenters. The molecule has 2 heterocycles. The van der Waals surface area contributed by atoms with Gasteiger partial charge in [0, 0.05) is 29.7 Å². The number of amides is 2. The third-order valence-electron chi connectivity index (χ3n) is 5.09. The molecule has 1 fully saturated rings. The van der Waals surface area contributed by atoms with Gasteiger partial charge in [0.05, 0.1) is 17.7 Å². The Morgan fingerprint density at radius 1 is 1.12 bits per heavy atom. The van der Waals surface area contributed by atoms with Crippen molar-refractivity contribution in [1.29, 1.82) is 0 Å². The number of anilines is 2. The van der Waals surface area contributed by atoms with Gasteiger partial charge in [-0.05, 0) is 49.7 Å². The third kappa shape index (κ3) is 5.39. The van der Waals surface area contributed by atoms with Gasteiger partial charge < -0.3 is 15.0 Å². The van der Waals surface area contributed by atoms with Crippen molar-refractivity contribution in [3.05, 3.63) is 75.7 Å². The second-order valence-corrected chi connectivity index (χ2v) is 8.54. The summed E-state index contributed by atoms with van der Waals surface area (Å²) in [6, 6.07) is 14.4. The Balaban J connectivity index is 1.27. The van der Waals surface area contributed by atoms with E-state index in [2.05, 4.69) is 10.3 Å². The fourth-order valence-electron chi connectivity index (χ4n) is 3.40. The highest BCUT2D eigenvalue weighted by atomic mass is 32.1. The molecule has 2 amide bonds. The Morgan fingerprint density at radius 2 is 1.88 bits per heavy atom. The van der Waals surface area contributed by atoms with Gasteiger partial charge in [-0.25, -0.2) is 9.78 Å². The summed E-state index contributed by atoms with van der Waals surface area (Å²) in [5, 5.41) is 5.28. The molecule has 1 saturated heterocycles. The zero-order valence-corrected chi connectivity index (χ0v) is 18.5. The lowest BCUT2D eigenvalue weighted by atomic mass is 10.2. The van der Waals surface area contributed by atoms with Crippen LogP contribution in [0.2, 0.25) is 0 Å². The summed E-state index contributed by atoms with van der Waals surface area (Å²) < 4.78 is 5.35. The molecular formula is C24H23N3O4S. The van der Waals surface area contributed by atoms with Crippen molar-refractivity contribution < 1.29 is 19.1 Å². The lowest BCUT2D eigenvalue weighted by Gasteiger charge is -2.15. The molecule has 32 heavy (non-hydrogen) atoms. The number of carbonyl (C=O) groups is 3. The summed E-state index contributed by atoms with van der Waals surface area (Å²) >= 11 is 1.35. The normalized spacial score (nSPS) is 13.3. The van der Waals surface area contributed by atoms with Crippen LogP contribution in [-0.2, 0) is 27.4 Å². The van der Waals surface area contributed by atoms with Crippen molar-refractivity contribution in [3.63, 3.8) is 0 Å². The van der Waals surface area contributed by atoms with Gasteiger partial charge in [-0.3, -0.25) is 9.59 Å². The number of esters is 1. The van der Waals surface area contributed by atoms with Crippen molar-refractivity contribution in [3.8, 4) is 0 Å². The van der Waals surface area contributed by atoms with Crippen LogP contribution in [0.3, 0.4) is 0 Å². The molecule has 0 aliphatic carbocycles. The molecule has 8 heteroatoms. The van der Waals surface area contributed by atoms with E-state index in [1.165, 1.54) is 11.3 Å². The number of hydrogen-bond acceptors (Lipinski definition) is 6. The Kier molecular flexibility index (Phi) is 6.61. The van der Waals surface area contributed by atoms with Crippen molar-refractivity contribution >= 4 is 40.5 Å². The lowest BCUT2D eigenvalue weighted by molar-refractivity contribution is -0.117. The first-order chi connectivity index (χ1) is 15.5. The molecule has 1 N–H and O–H groups in total. The zero-order valence-electron chi connectivity index (χ0n) is 17.7. The summed E-state index contributed by atoms with van der Waals surface area (Å²) in [7, 11) is 0. The highest BCUT2D eigenvalue weighted by Gasteiger charge is 2.21. The number of carbonyl (C=O) groups excluding carboxylic acids is 3. The highest BCUT2D eigenvalue weighted by molar-refractivity contribution is 7.09. The van der Waals surface area contributed by atoms with Crippen LogP contribution in [-0.4, -0.2) is 29.3 Å². The number of hydrogen-bond donors (Lipinski definition) is 1. The molecule has 4 rings (SSSR count). The van der Waals surface area contributed by atoms with Gasteiger partial charge in [-0.1, -0.05) is 17.7 Å². The number of ether oxygens (including phenoxy) is 1. The summed E-state index contributed by atoms with van der Waals surface area (Å²) in [4.78, 5) is 42.5. The summed E-state index contributed by atoms with van der Waals surface area (Å²) in [6.07, 6.45) is 1.57. The molecule has 1 aromatic heterocycles. The van der Waals surface area contributed by atoms with E-state index in [1.807, 2.05) is 31.2 Å². The van der Waals surface area contributed by atoms with E-state index in [9.17, 15) is 14.4 Å². The fraction of sp³-hybridized carbons (Fsp3) is 0.250. The number of nitrogens with zero attached hydrogens (tertiary/aromatic N) is 2. The summed E-state index contributed by atoms with van der Waals surface area (Å²) in [5.41, 5.74) is 3.66. The van der Waals surface area contributed by atoms with Crippen molar-refractivity contribution in [1.82, 2.24) is 4.98 Å². The molecule has 1 aliphatic rings. The molecular weight excluding hydrogens is 426 g/mol. The Bertz CT molecular complexity index is 1120. The van der Waals surface area contributed by atoms with Crippen LogP contribution in [0.1, 0.15) is 39.5 Å². The van der Waals surface area contributed by atoms with Crippen molar-refractivity contribution in [2.24, 2.45) is 0 Å². The van der Waals surface area contributed by atoms with E-state index in [1.54, 1.807) is 34.5 Å². The lowest BCUT2D eigenvalue weighted by Crippen LogP contribution is -2.23. The smallest absolute Gasteiger partial charge is 0.338 e. The van der Waals surface area contributed by atoms with E-state index in [4.69, 9.17) is 4.74 Å². The predicted molar refractivity (Wildman–Crippen MR) is 123 cm³/mol. The maximum Gasteiger partial charge on any atom is 0.338 e. The average Bonchev–Trinajstić information content (AvgIpc) is 3.42. The van der Waals surface area contributed by atoms with Crippen LogP contribution in [0.15, 0.2) is 53.9 Å². The van der Waals surface area contributed by atoms with E-state index in [-0.39, 0.29) is 24.8 Å². The standard InChI is InChI=1S/C24H23N3O4S/c1-16-4-8-18(9-5-16)25-21(28)13-22-26-19(15-32-22)14-31-24(30)17-6-10-20(11-7-17)27-12-2-3-23(27)29/h4-11,15H,2-3,12-14H2,1H3,(H,25,28). The van der Waals surface area contributed by atoms with E-state index in [0.717, 1.165) is 23.4 Å². The van der Waals surface area contributed by atoms with Crippen LogP contribution in [0.5, 0.6) is 0 Å². The molecule has 0 saturated carbocycles. The maximum absolute atomic E-state index is 12.3. The Labute approximate surface area is 190 Å². The highest BCUT2D eigenvalue weighted by Crippen LogP contribution is 2.22. The number of rotatable bonds is 7. The van der Waals surface area contributed by atoms with Gasteiger partial charge in [0.25, 0.3) is 0 Å². The molecule has 3 aromatic rings. The van der Waals surface area contributed by atoms with Crippen molar-refractivity contribution in [2.75, 3.05) is 16.8 Å². The van der Waals surface area contributed by atoms with Crippen molar-refractivity contribution in [2.45, 2.75) is 32.8 Å². The molecule has 1 aliphatic heterocycles. The Hall–Kier alpha value is -3.52. The van der Waals surface area contributed by atoms with E-state index >= 15 is 0 Å². The second kappa shape index (κ2) is 9.74. The minimum absolute atomic E-state index is 0.0290. The number of nitrogens with one attached hydrogen (secondary N) is 1. The summed E-state index contributed by atoms with van der Waals surface area (Å²) in [6.45, 7) is 2.72. The largest absolute Gasteiger partial charge is 0.456 e. The third-order valence-corrected chi connectivity index (χ3v) is 5.98. The number of benzene rings is 2. The van der Waals surface area contributed by atoms with Crippen LogP contribution < -0.4 is 10.2 Å². The minimum atomic E-state index is -0.462. The van der Waals surface area contributed by atoms with Crippen LogP contribution in [0.25, 0.3) is 0 Å². The zero-order chi connectivity index (χ0) is 22.5. The molecule has 0 atom stereocenters. The van der Waals surface area contributed by atoms with E-state index in [0.29, 0.717) is 29.2 Å². The minimum Gasteiger partial charge on any atom is -0.456 e. The second-order valence-electron chi connectivity index (χ2n) is 7.60. The molecule has 0 bridgehead atoms. The number of aromatic nitrogens is 1. The molecule has 0 spiro atoms. The van der Waals surface area contributed by atoms with Crippen LogP contribution in [0, 0.1) is 6.92 Å². The fourth-order valence-corrected chi connectivity index (χ4v) is 4.17. The first-order valence-electron chi connectivity index (χ1n) is 10.4. The molecule has 164 valence electrons. The van der Waals surface area contributed by atoms with Gasteiger partial charge in [-0.2, -0.15) is 0 Å². The predicted octanol–water partition coefficient (Wildman–Crippen LogP) is 4.12. The Morgan fingerprint density at radius 3 is 2.56 bits per heavy atom. The maximum atomic E-state index is 12.3. The first kappa shape index (κ1) is 21.7. The number of thiazole rings is 1. The summed E-state index contributed by atoms with van der Waals surface area (Å²) in [5.74, 6) is -0.508. The van der Waals surface area contributed by atoms with E-state index < -0.39 is 5.97 Å². The van der Waals surface area contributed by atoms with Crippen LogP contribution in [0.4, 0.5) is 11.4 Å². The molecule has 0 radical (unpaired) electrons. The van der Waals surface area contributed by atoms with Gasteiger partial charge in [0.1, 0.15) is 11.6 Å². The quantitative estimate of drug-likeness (QED) is 0.548. The van der Waals surface area contributed by atoms with Crippen LogP contribution >= 0.6 is 11.3 Å². The van der Waals surface area contributed by atoms with Gasteiger partial charge >= 0.3 is 5.97 Å². The monoisotopic (exact) mass is 449 g/mol. The number of aryl methyl sites for hydroxylation is 1. The topological polar surface area (TPSA) is 88.6 Å². The SMILES string of the molecule is Cc1ccc(NC(=O)Cc2nc(COC(=O)c3ccc(N4CCCC4=O)cc3)cs2)cc1. The van der Waals surface area contributed by atoms with Gasteiger partial charge in [-0.15, -0.1) is 11.3 Å².